The molecule has 0 aliphatic carbocycles. The van der Waals surface area contributed by atoms with Crippen molar-refractivity contribution >= 4 is 19.3 Å². The molecular weight excluding hydrogens is 184 g/mol. The molecule has 0 atom stereocenters. The van der Waals surface area contributed by atoms with E-state index in [1.54, 1.807) is 24.3 Å². The Morgan fingerprint density at radius 3 is 2.08 bits per heavy atom. The van der Waals surface area contributed by atoms with Crippen LogP contribution in [0.25, 0.3) is 0 Å². The summed E-state index contributed by atoms with van der Waals surface area (Å²) in [6.45, 7) is 2.98. The quantitative estimate of drug-likeness (QED) is 0.735. The van der Waals surface area contributed by atoms with E-state index in [2.05, 4.69) is 0 Å². The first-order valence-electron chi connectivity index (χ1n) is 3.84. The van der Waals surface area contributed by atoms with Crippen molar-refractivity contribution in [3.05, 3.63) is 35.9 Å². The van der Waals surface area contributed by atoms with Crippen LogP contribution in [0.15, 0.2) is 30.3 Å². The van der Waals surface area contributed by atoms with Gasteiger partial charge < -0.3 is 5.11 Å². The van der Waals surface area contributed by atoms with Gasteiger partial charge in [0, 0.05) is 5.56 Å². The summed E-state index contributed by atoms with van der Waals surface area (Å²) < 4.78 is 0. The van der Waals surface area contributed by atoms with Crippen LogP contribution in [-0.2, 0) is 0 Å². The van der Waals surface area contributed by atoms with Crippen LogP contribution in [0.5, 0.6) is 0 Å². The Kier molecular flexibility index (Phi) is 4.17. The molecule has 0 bridgehead atoms. The number of carbonyl (C=O) groups excluding carboxylic acids is 1. The molecule has 0 fully saturated rings. The van der Waals surface area contributed by atoms with Crippen molar-refractivity contribution in [2.24, 2.45) is 0 Å². The fourth-order valence-electron chi connectivity index (χ4n) is 0.943. The van der Waals surface area contributed by atoms with Crippen LogP contribution < -0.4 is 0 Å². The molecule has 1 rings (SSSR count). The Hall–Kier alpha value is -0.800. The third kappa shape index (κ3) is 3.20. The molecule has 0 aliphatic rings. The molecule has 3 heteroatoms. The Morgan fingerprint density at radius 2 is 1.69 bits per heavy atom. The number of hydrogen-bond donors (Lipinski definition) is 1. The maximum atomic E-state index is 11.4. The number of rotatable bonds is 2. The van der Waals surface area contributed by atoms with Crippen molar-refractivity contribution in [3.63, 3.8) is 0 Å². The van der Waals surface area contributed by atoms with E-state index in [-0.39, 0.29) is 19.3 Å². The third-order valence-corrected chi connectivity index (χ3v) is 1.59. The average Bonchev–Trinajstić information content (AvgIpc) is 2.03. The molecule has 0 saturated carbocycles. The van der Waals surface area contributed by atoms with Crippen molar-refractivity contribution in [1.29, 1.82) is 0 Å². The molecule has 1 N–H and O–H groups in total. The minimum atomic E-state index is -1.28. The second-order valence-corrected chi connectivity index (χ2v) is 3.25. The lowest BCUT2D eigenvalue weighted by Gasteiger charge is -2.14. The maximum Gasteiger partial charge on any atom is 0.193 e. The standard InChI is InChI=1S/C10H12O2.H2S/c1-10(2,12)9(11)8-6-4-3-5-7-8;/h3-7,12H,1-2H3;1H2. The number of ketones is 1. The van der Waals surface area contributed by atoms with E-state index in [4.69, 9.17) is 0 Å². The Balaban J connectivity index is 0.00000144. The molecular formula is C10H14O2S. The molecule has 0 heterocycles. The number of benzene rings is 1. The largest absolute Gasteiger partial charge is 0.382 e. The summed E-state index contributed by atoms with van der Waals surface area (Å²) in [7, 11) is 0. The smallest absolute Gasteiger partial charge is 0.193 e. The van der Waals surface area contributed by atoms with Crippen LogP contribution in [0.3, 0.4) is 0 Å². The van der Waals surface area contributed by atoms with Gasteiger partial charge in [-0.3, -0.25) is 4.79 Å². The van der Waals surface area contributed by atoms with Gasteiger partial charge >= 0.3 is 0 Å². The molecule has 0 unspecified atom stereocenters. The molecule has 0 saturated heterocycles. The molecule has 0 spiro atoms. The lowest BCUT2D eigenvalue weighted by atomic mass is 9.97. The lowest BCUT2D eigenvalue weighted by molar-refractivity contribution is 0.0488. The summed E-state index contributed by atoms with van der Waals surface area (Å²) in [4.78, 5) is 11.4. The summed E-state index contributed by atoms with van der Waals surface area (Å²) in [5.41, 5.74) is -0.730. The maximum absolute atomic E-state index is 11.4. The summed E-state index contributed by atoms with van der Waals surface area (Å²) in [6.07, 6.45) is 0. The zero-order valence-corrected chi connectivity index (χ0v) is 8.74. The van der Waals surface area contributed by atoms with Gasteiger partial charge in [0.2, 0.25) is 0 Å². The summed E-state index contributed by atoms with van der Waals surface area (Å²) in [6, 6.07) is 8.78. The zero-order valence-electron chi connectivity index (χ0n) is 7.74. The monoisotopic (exact) mass is 198 g/mol. The number of hydrogen-bond acceptors (Lipinski definition) is 2. The summed E-state index contributed by atoms with van der Waals surface area (Å²) in [5.74, 6) is -0.247. The van der Waals surface area contributed by atoms with Gasteiger partial charge in [0.15, 0.2) is 5.78 Å². The fraction of sp³-hybridized carbons (Fsp3) is 0.300. The number of Topliss-reactive ketones (excluding diaryl/α,β-unsaturated/α-hetero) is 1. The Bertz CT molecular complexity index is 275. The van der Waals surface area contributed by atoms with E-state index < -0.39 is 5.60 Å². The summed E-state index contributed by atoms with van der Waals surface area (Å²) >= 11 is 0. The molecule has 72 valence electrons. The van der Waals surface area contributed by atoms with Crippen LogP contribution in [0.1, 0.15) is 24.2 Å². The first-order valence-corrected chi connectivity index (χ1v) is 3.84. The molecule has 1 aromatic carbocycles. The van der Waals surface area contributed by atoms with Gasteiger partial charge in [-0.1, -0.05) is 30.3 Å². The second-order valence-electron chi connectivity index (χ2n) is 3.25. The molecule has 13 heavy (non-hydrogen) atoms. The van der Waals surface area contributed by atoms with E-state index in [9.17, 15) is 9.90 Å². The normalized spacial score (nSPS) is 10.4. The minimum Gasteiger partial charge on any atom is -0.382 e. The number of aliphatic hydroxyl groups is 1. The predicted molar refractivity (Wildman–Crippen MR) is 57.5 cm³/mol. The molecule has 0 amide bonds. The third-order valence-electron chi connectivity index (χ3n) is 1.59. The highest BCUT2D eigenvalue weighted by Gasteiger charge is 2.24. The van der Waals surface area contributed by atoms with Crippen molar-refractivity contribution in [2.45, 2.75) is 19.4 Å². The first kappa shape index (κ1) is 12.2. The Labute approximate surface area is 85.0 Å². The Morgan fingerprint density at radius 1 is 1.23 bits per heavy atom. The van der Waals surface area contributed by atoms with E-state index in [0.29, 0.717) is 5.56 Å². The van der Waals surface area contributed by atoms with Crippen molar-refractivity contribution < 1.29 is 9.90 Å². The van der Waals surface area contributed by atoms with Crippen molar-refractivity contribution in [1.82, 2.24) is 0 Å². The van der Waals surface area contributed by atoms with Gasteiger partial charge in [0.25, 0.3) is 0 Å². The molecule has 1 aromatic rings. The first-order chi connectivity index (χ1) is 5.52. The lowest BCUT2D eigenvalue weighted by Crippen LogP contribution is -2.30. The molecule has 0 aromatic heterocycles. The van der Waals surface area contributed by atoms with Crippen LogP contribution in [-0.4, -0.2) is 16.5 Å². The summed E-state index contributed by atoms with van der Waals surface area (Å²) in [5, 5.41) is 9.39. The van der Waals surface area contributed by atoms with Gasteiger partial charge in [-0.25, -0.2) is 0 Å². The number of carbonyl (C=O) groups is 1. The van der Waals surface area contributed by atoms with E-state index >= 15 is 0 Å². The topological polar surface area (TPSA) is 37.3 Å². The van der Waals surface area contributed by atoms with Gasteiger partial charge in [-0.2, -0.15) is 13.5 Å². The van der Waals surface area contributed by atoms with Crippen LogP contribution in [0, 0.1) is 0 Å². The van der Waals surface area contributed by atoms with E-state index in [1.165, 1.54) is 13.8 Å². The highest BCUT2D eigenvalue weighted by Crippen LogP contribution is 2.11. The van der Waals surface area contributed by atoms with Gasteiger partial charge in [0.05, 0.1) is 0 Å². The minimum absolute atomic E-state index is 0. The van der Waals surface area contributed by atoms with Gasteiger partial charge in [-0.05, 0) is 13.8 Å². The van der Waals surface area contributed by atoms with Crippen molar-refractivity contribution in [3.8, 4) is 0 Å². The van der Waals surface area contributed by atoms with Crippen molar-refractivity contribution in [2.75, 3.05) is 0 Å². The fourth-order valence-corrected chi connectivity index (χ4v) is 0.943. The second kappa shape index (κ2) is 4.44. The average molecular weight is 198 g/mol. The van der Waals surface area contributed by atoms with Crippen LogP contribution >= 0.6 is 13.5 Å². The molecule has 0 radical (unpaired) electrons. The molecule has 2 nitrogen and oxygen atoms in total. The highest BCUT2D eigenvalue weighted by molar-refractivity contribution is 7.59. The predicted octanol–water partition coefficient (Wildman–Crippen LogP) is 1.75. The van der Waals surface area contributed by atoms with E-state index in [1.807, 2.05) is 6.07 Å². The van der Waals surface area contributed by atoms with E-state index in [0.717, 1.165) is 0 Å². The zero-order chi connectivity index (χ0) is 9.19. The highest BCUT2D eigenvalue weighted by atomic mass is 32.1. The molecule has 0 aliphatic heterocycles. The van der Waals surface area contributed by atoms with Gasteiger partial charge in [-0.15, -0.1) is 0 Å². The van der Waals surface area contributed by atoms with Crippen LogP contribution in [0.2, 0.25) is 0 Å². The van der Waals surface area contributed by atoms with Crippen LogP contribution in [0.4, 0.5) is 0 Å². The van der Waals surface area contributed by atoms with Gasteiger partial charge in [0.1, 0.15) is 5.60 Å². The SMILES string of the molecule is CC(C)(O)C(=O)c1ccccc1.S.